The lowest BCUT2D eigenvalue weighted by Crippen LogP contribution is -2.46. The molecule has 0 spiro atoms. The van der Waals surface area contributed by atoms with Crippen LogP contribution in [0.1, 0.15) is 19.0 Å². The lowest BCUT2D eigenvalue weighted by molar-refractivity contribution is 0.258. The highest BCUT2D eigenvalue weighted by Gasteiger charge is 2.18. The van der Waals surface area contributed by atoms with Gasteiger partial charge in [0, 0.05) is 37.3 Å². The summed E-state index contributed by atoms with van der Waals surface area (Å²) < 4.78 is 0. The van der Waals surface area contributed by atoms with E-state index >= 15 is 0 Å². The van der Waals surface area contributed by atoms with Gasteiger partial charge in [0.05, 0.1) is 17.8 Å². The van der Waals surface area contributed by atoms with Crippen LogP contribution in [-0.2, 0) is 6.61 Å². The molecule has 0 saturated carbocycles. The van der Waals surface area contributed by atoms with Crippen LogP contribution < -0.4 is 4.90 Å². The quantitative estimate of drug-likeness (QED) is 0.935. The molecule has 0 aliphatic carbocycles. The summed E-state index contributed by atoms with van der Waals surface area (Å²) in [5.41, 5.74) is 2.93. The van der Waals surface area contributed by atoms with E-state index in [0.29, 0.717) is 0 Å². The number of anilines is 1. The number of pyridine rings is 1. The highest BCUT2D eigenvalue weighted by atomic mass is 16.3. The molecule has 1 aromatic heterocycles. The SMILES string of the molecule is CCCN1CCN(c2cc(CO)nc3ccccc23)CC1. The molecule has 2 aromatic rings. The maximum absolute atomic E-state index is 9.44. The van der Waals surface area contributed by atoms with E-state index in [9.17, 15) is 5.11 Å². The van der Waals surface area contributed by atoms with Crippen LogP contribution in [0.3, 0.4) is 0 Å². The standard InChI is InChI=1S/C17H23N3O/c1-2-7-19-8-10-20(11-9-19)17-12-14(13-21)18-16-6-4-3-5-15(16)17/h3-6,12,21H,2,7-11,13H2,1H3. The number of fused-ring (bicyclic) bond motifs is 1. The summed E-state index contributed by atoms with van der Waals surface area (Å²) in [7, 11) is 0. The number of aliphatic hydroxyl groups is 1. The fourth-order valence-corrected chi connectivity index (χ4v) is 3.08. The number of aliphatic hydroxyl groups excluding tert-OH is 1. The smallest absolute Gasteiger partial charge is 0.0854 e. The number of rotatable bonds is 4. The van der Waals surface area contributed by atoms with Gasteiger partial charge in [-0.1, -0.05) is 25.1 Å². The first-order valence-corrected chi connectivity index (χ1v) is 7.78. The third-order valence-corrected chi connectivity index (χ3v) is 4.16. The molecule has 21 heavy (non-hydrogen) atoms. The highest BCUT2D eigenvalue weighted by molar-refractivity contribution is 5.92. The van der Waals surface area contributed by atoms with Gasteiger partial charge in [0.25, 0.3) is 0 Å². The van der Waals surface area contributed by atoms with Crippen LogP contribution in [-0.4, -0.2) is 47.7 Å². The Balaban J connectivity index is 1.89. The van der Waals surface area contributed by atoms with Crippen LogP contribution in [0, 0.1) is 0 Å². The predicted octanol–water partition coefficient (Wildman–Crippen LogP) is 2.26. The van der Waals surface area contributed by atoms with E-state index in [1.54, 1.807) is 0 Å². The zero-order chi connectivity index (χ0) is 14.7. The van der Waals surface area contributed by atoms with Gasteiger partial charge in [-0.05, 0) is 25.1 Å². The molecule has 0 atom stereocenters. The fraction of sp³-hybridized carbons (Fsp3) is 0.471. The average Bonchev–Trinajstić information content (AvgIpc) is 2.55. The van der Waals surface area contributed by atoms with Crippen LogP contribution in [0.4, 0.5) is 5.69 Å². The van der Waals surface area contributed by atoms with Crippen molar-refractivity contribution >= 4 is 16.6 Å². The summed E-state index contributed by atoms with van der Waals surface area (Å²) in [6.45, 7) is 7.71. The van der Waals surface area contributed by atoms with Crippen molar-refractivity contribution in [3.63, 3.8) is 0 Å². The fourth-order valence-electron chi connectivity index (χ4n) is 3.08. The number of para-hydroxylation sites is 1. The van der Waals surface area contributed by atoms with E-state index in [1.165, 1.54) is 24.0 Å². The second-order valence-corrected chi connectivity index (χ2v) is 5.64. The molecule has 112 valence electrons. The van der Waals surface area contributed by atoms with E-state index in [4.69, 9.17) is 0 Å². The van der Waals surface area contributed by atoms with Crippen LogP contribution in [0.15, 0.2) is 30.3 Å². The predicted molar refractivity (Wildman–Crippen MR) is 86.6 cm³/mol. The third-order valence-electron chi connectivity index (χ3n) is 4.16. The van der Waals surface area contributed by atoms with E-state index in [0.717, 1.165) is 37.4 Å². The molecular formula is C17H23N3O. The van der Waals surface area contributed by atoms with Gasteiger partial charge in [-0.3, -0.25) is 9.88 Å². The minimum absolute atomic E-state index is 0.00632. The van der Waals surface area contributed by atoms with E-state index in [2.05, 4.69) is 33.8 Å². The molecule has 1 N–H and O–H groups in total. The zero-order valence-electron chi connectivity index (χ0n) is 12.6. The van der Waals surface area contributed by atoms with Gasteiger partial charge >= 0.3 is 0 Å². The number of piperazine rings is 1. The first kappa shape index (κ1) is 14.3. The van der Waals surface area contributed by atoms with Crippen LogP contribution in [0.5, 0.6) is 0 Å². The Morgan fingerprint density at radius 1 is 1.14 bits per heavy atom. The number of hydrogen-bond acceptors (Lipinski definition) is 4. The number of aromatic nitrogens is 1. The number of benzene rings is 1. The van der Waals surface area contributed by atoms with Gasteiger partial charge in [0.15, 0.2) is 0 Å². The summed E-state index contributed by atoms with van der Waals surface area (Å²) in [5.74, 6) is 0. The molecule has 4 nitrogen and oxygen atoms in total. The lowest BCUT2D eigenvalue weighted by atomic mass is 10.1. The van der Waals surface area contributed by atoms with Gasteiger partial charge in [-0.25, -0.2) is 0 Å². The summed E-state index contributed by atoms with van der Waals surface area (Å²) in [6.07, 6.45) is 1.22. The maximum Gasteiger partial charge on any atom is 0.0854 e. The Morgan fingerprint density at radius 2 is 1.90 bits per heavy atom. The molecular weight excluding hydrogens is 262 g/mol. The molecule has 1 fully saturated rings. The maximum atomic E-state index is 9.44. The van der Waals surface area contributed by atoms with Crippen molar-refractivity contribution in [2.75, 3.05) is 37.6 Å². The number of nitrogens with zero attached hydrogens (tertiary/aromatic N) is 3. The molecule has 3 rings (SSSR count). The second-order valence-electron chi connectivity index (χ2n) is 5.64. The van der Waals surface area contributed by atoms with Crippen molar-refractivity contribution in [3.05, 3.63) is 36.0 Å². The van der Waals surface area contributed by atoms with Crippen molar-refractivity contribution < 1.29 is 5.11 Å². The van der Waals surface area contributed by atoms with E-state index in [-0.39, 0.29) is 6.61 Å². The Hall–Kier alpha value is -1.65. The lowest BCUT2D eigenvalue weighted by Gasteiger charge is -2.36. The topological polar surface area (TPSA) is 39.6 Å². The first-order chi connectivity index (χ1) is 10.3. The zero-order valence-corrected chi connectivity index (χ0v) is 12.6. The monoisotopic (exact) mass is 285 g/mol. The van der Waals surface area contributed by atoms with Gasteiger partial charge < -0.3 is 10.0 Å². The molecule has 0 bridgehead atoms. The van der Waals surface area contributed by atoms with Crippen LogP contribution in [0.25, 0.3) is 10.9 Å². The van der Waals surface area contributed by atoms with Gasteiger partial charge in [-0.2, -0.15) is 0 Å². The molecule has 1 aliphatic heterocycles. The first-order valence-electron chi connectivity index (χ1n) is 7.78. The molecule has 0 amide bonds. The number of hydrogen-bond donors (Lipinski definition) is 1. The molecule has 1 saturated heterocycles. The molecule has 1 aromatic carbocycles. The molecule has 1 aliphatic rings. The van der Waals surface area contributed by atoms with Gasteiger partial charge in [0.1, 0.15) is 0 Å². The van der Waals surface area contributed by atoms with Crippen LogP contribution >= 0.6 is 0 Å². The Labute approximate surface area is 126 Å². The van der Waals surface area contributed by atoms with Gasteiger partial charge in [-0.15, -0.1) is 0 Å². The van der Waals surface area contributed by atoms with Gasteiger partial charge in [0.2, 0.25) is 0 Å². The molecule has 0 unspecified atom stereocenters. The molecule has 0 radical (unpaired) electrons. The summed E-state index contributed by atoms with van der Waals surface area (Å²) in [6, 6.07) is 10.2. The molecule has 2 heterocycles. The Kier molecular flexibility index (Phi) is 4.36. The third kappa shape index (κ3) is 3.01. The summed E-state index contributed by atoms with van der Waals surface area (Å²) in [4.78, 5) is 9.45. The normalized spacial score (nSPS) is 16.6. The summed E-state index contributed by atoms with van der Waals surface area (Å²) in [5, 5.41) is 10.6. The summed E-state index contributed by atoms with van der Waals surface area (Å²) >= 11 is 0. The van der Waals surface area contributed by atoms with Crippen molar-refractivity contribution in [2.45, 2.75) is 20.0 Å². The molecule has 4 heteroatoms. The van der Waals surface area contributed by atoms with Crippen molar-refractivity contribution in [1.82, 2.24) is 9.88 Å². The Morgan fingerprint density at radius 3 is 2.62 bits per heavy atom. The average molecular weight is 285 g/mol. The van der Waals surface area contributed by atoms with Crippen molar-refractivity contribution in [2.24, 2.45) is 0 Å². The minimum Gasteiger partial charge on any atom is -0.390 e. The minimum atomic E-state index is -0.00632. The van der Waals surface area contributed by atoms with Crippen molar-refractivity contribution in [1.29, 1.82) is 0 Å². The second kappa shape index (κ2) is 6.41. The van der Waals surface area contributed by atoms with E-state index < -0.39 is 0 Å². The highest BCUT2D eigenvalue weighted by Crippen LogP contribution is 2.27. The van der Waals surface area contributed by atoms with Crippen LogP contribution in [0.2, 0.25) is 0 Å². The Bertz CT molecular complexity index is 606. The van der Waals surface area contributed by atoms with Crippen molar-refractivity contribution in [3.8, 4) is 0 Å². The largest absolute Gasteiger partial charge is 0.390 e. The van der Waals surface area contributed by atoms with E-state index in [1.807, 2.05) is 18.2 Å².